The summed E-state index contributed by atoms with van der Waals surface area (Å²) in [5.74, 6) is 0.139. The Morgan fingerprint density at radius 2 is 1.94 bits per heavy atom. The highest BCUT2D eigenvalue weighted by Gasteiger charge is 2.18. The predicted molar refractivity (Wildman–Crippen MR) is 134 cm³/mol. The Morgan fingerprint density at radius 3 is 2.65 bits per heavy atom. The third-order valence-corrected chi connectivity index (χ3v) is 7.06. The first-order valence-corrected chi connectivity index (χ1v) is 12.3. The van der Waals surface area contributed by atoms with E-state index in [9.17, 15) is 19.2 Å². The number of rotatable bonds is 9. The molecule has 0 saturated carbocycles. The number of amides is 1. The molecule has 176 valence electrons. The summed E-state index contributed by atoms with van der Waals surface area (Å²) in [7, 11) is 0. The lowest BCUT2D eigenvalue weighted by atomic mass is 10.2. The van der Waals surface area contributed by atoms with E-state index in [0.29, 0.717) is 21.2 Å². The van der Waals surface area contributed by atoms with Gasteiger partial charge < -0.3 is 9.73 Å². The number of benzene rings is 1. The van der Waals surface area contributed by atoms with Gasteiger partial charge in [0.1, 0.15) is 5.76 Å². The highest BCUT2D eigenvalue weighted by atomic mass is 79.9. The van der Waals surface area contributed by atoms with Gasteiger partial charge in [-0.1, -0.05) is 11.6 Å². The van der Waals surface area contributed by atoms with Crippen LogP contribution in [0, 0.1) is 0 Å². The topological polar surface area (TPSA) is 103 Å². The molecule has 0 bridgehead atoms. The molecule has 0 saturated heterocycles. The number of carbonyl (C=O) groups excluding carboxylic acids is 2. The number of carbonyl (C=O) groups is 2. The van der Waals surface area contributed by atoms with Gasteiger partial charge in [-0.15, -0.1) is 11.3 Å². The van der Waals surface area contributed by atoms with Gasteiger partial charge in [0.25, 0.3) is 5.56 Å². The van der Waals surface area contributed by atoms with Crippen molar-refractivity contribution in [3.05, 3.63) is 89.0 Å². The maximum atomic E-state index is 13.3. The maximum absolute atomic E-state index is 13.3. The van der Waals surface area contributed by atoms with Gasteiger partial charge in [-0.05, 0) is 64.8 Å². The summed E-state index contributed by atoms with van der Waals surface area (Å²) in [6.45, 7) is 0.0476. The Bertz CT molecular complexity index is 1470. The van der Waals surface area contributed by atoms with Gasteiger partial charge >= 0.3 is 5.69 Å². The standard InChI is InChI=1S/C23H19BrClN3O5S/c24-20-8-7-19(34-20)18(29)13-28-17-11-14(25)5-6-16(17)22(31)27(23(28)32)9-1-4-21(30)26-12-15-3-2-10-33-15/h2-3,5-8,10-11H,1,4,9,12-13H2,(H,26,30). The van der Waals surface area contributed by atoms with Crippen LogP contribution in [0.25, 0.3) is 10.9 Å². The van der Waals surface area contributed by atoms with Crippen molar-refractivity contribution in [2.24, 2.45) is 0 Å². The fourth-order valence-corrected chi connectivity index (χ4v) is 4.99. The molecule has 3 heterocycles. The van der Waals surface area contributed by atoms with Gasteiger partial charge in [0.2, 0.25) is 5.91 Å². The first-order valence-electron chi connectivity index (χ1n) is 10.3. The van der Waals surface area contributed by atoms with Crippen LogP contribution in [-0.4, -0.2) is 20.8 Å². The van der Waals surface area contributed by atoms with E-state index in [4.69, 9.17) is 16.0 Å². The second kappa shape index (κ2) is 10.5. The third-order valence-electron chi connectivity index (χ3n) is 5.16. The Morgan fingerprint density at radius 1 is 1.12 bits per heavy atom. The minimum absolute atomic E-state index is 0.0309. The van der Waals surface area contributed by atoms with Gasteiger partial charge in [0, 0.05) is 18.0 Å². The second-order valence-electron chi connectivity index (χ2n) is 7.47. The van der Waals surface area contributed by atoms with Crippen molar-refractivity contribution in [3.8, 4) is 0 Å². The lowest BCUT2D eigenvalue weighted by Gasteiger charge is -2.14. The van der Waals surface area contributed by atoms with E-state index in [1.165, 1.54) is 34.3 Å². The van der Waals surface area contributed by atoms with Gasteiger partial charge in [-0.3, -0.25) is 23.5 Å². The number of hydrogen-bond donors (Lipinski definition) is 1. The minimum atomic E-state index is -0.625. The maximum Gasteiger partial charge on any atom is 0.331 e. The zero-order valence-corrected chi connectivity index (χ0v) is 20.9. The van der Waals surface area contributed by atoms with Gasteiger partial charge in [-0.2, -0.15) is 0 Å². The summed E-state index contributed by atoms with van der Waals surface area (Å²) in [5.41, 5.74) is -0.825. The number of furan rings is 1. The van der Waals surface area contributed by atoms with E-state index >= 15 is 0 Å². The average Bonchev–Trinajstić information content (AvgIpc) is 3.49. The monoisotopic (exact) mass is 563 g/mol. The summed E-state index contributed by atoms with van der Waals surface area (Å²) in [4.78, 5) is 51.7. The van der Waals surface area contributed by atoms with E-state index in [2.05, 4.69) is 21.2 Å². The smallest absolute Gasteiger partial charge is 0.331 e. The molecule has 3 aromatic heterocycles. The van der Waals surface area contributed by atoms with Crippen LogP contribution in [0.5, 0.6) is 0 Å². The van der Waals surface area contributed by atoms with Crippen LogP contribution in [0.4, 0.5) is 0 Å². The zero-order chi connectivity index (χ0) is 24.2. The lowest BCUT2D eigenvalue weighted by molar-refractivity contribution is -0.121. The van der Waals surface area contributed by atoms with Gasteiger partial charge in [0.05, 0.1) is 38.9 Å². The molecular weight excluding hydrogens is 546 g/mol. The number of Topliss-reactive ketones (excluding diaryl/α,β-unsaturated/α-hetero) is 1. The van der Waals surface area contributed by atoms with Crippen LogP contribution >= 0.6 is 38.9 Å². The molecule has 34 heavy (non-hydrogen) atoms. The van der Waals surface area contributed by atoms with Crippen molar-refractivity contribution in [1.82, 2.24) is 14.5 Å². The summed E-state index contributed by atoms with van der Waals surface area (Å²) in [5, 5.41) is 3.34. The minimum Gasteiger partial charge on any atom is -0.467 e. The van der Waals surface area contributed by atoms with E-state index in [0.717, 1.165) is 8.35 Å². The van der Waals surface area contributed by atoms with E-state index < -0.39 is 11.2 Å². The Balaban J connectivity index is 1.57. The number of thiophene rings is 1. The van der Waals surface area contributed by atoms with Crippen LogP contribution in [0.3, 0.4) is 0 Å². The summed E-state index contributed by atoms with van der Waals surface area (Å²) < 4.78 is 8.29. The van der Waals surface area contributed by atoms with Crippen LogP contribution < -0.4 is 16.6 Å². The molecule has 0 aliphatic heterocycles. The zero-order valence-electron chi connectivity index (χ0n) is 17.8. The second-order valence-corrected chi connectivity index (χ2v) is 10.4. The third kappa shape index (κ3) is 5.40. The Kier molecular flexibility index (Phi) is 7.50. The molecule has 0 spiro atoms. The number of fused-ring (bicyclic) bond motifs is 1. The summed E-state index contributed by atoms with van der Waals surface area (Å²) in [6, 6.07) is 11.5. The molecule has 1 N–H and O–H groups in total. The van der Waals surface area contributed by atoms with Gasteiger partial charge in [0.15, 0.2) is 5.78 Å². The van der Waals surface area contributed by atoms with Crippen molar-refractivity contribution in [3.63, 3.8) is 0 Å². The number of aromatic nitrogens is 2. The highest BCUT2D eigenvalue weighted by molar-refractivity contribution is 9.11. The molecule has 0 unspecified atom stereocenters. The van der Waals surface area contributed by atoms with E-state index in [-0.39, 0.29) is 49.6 Å². The van der Waals surface area contributed by atoms with Crippen molar-refractivity contribution in [2.75, 3.05) is 0 Å². The Labute approximate surface area is 210 Å². The number of halogens is 2. The molecule has 0 radical (unpaired) electrons. The molecule has 11 heteroatoms. The molecule has 0 aliphatic rings. The highest BCUT2D eigenvalue weighted by Crippen LogP contribution is 2.23. The largest absolute Gasteiger partial charge is 0.467 e. The molecule has 0 fully saturated rings. The van der Waals surface area contributed by atoms with Crippen molar-refractivity contribution >= 4 is 61.5 Å². The van der Waals surface area contributed by atoms with Gasteiger partial charge in [-0.25, -0.2) is 4.79 Å². The van der Waals surface area contributed by atoms with E-state index in [1.807, 2.05) is 0 Å². The molecule has 4 aromatic rings. The SMILES string of the molecule is O=C(CCCn1c(=O)c2ccc(Cl)cc2n(CC(=O)c2ccc(Br)s2)c1=O)NCc1ccco1. The number of ketones is 1. The molecule has 0 atom stereocenters. The van der Waals surface area contributed by atoms with E-state index in [1.54, 1.807) is 30.3 Å². The van der Waals surface area contributed by atoms with Crippen molar-refractivity contribution < 1.29 is 14.0 Å². The molecular formula is C23H19BrClN3O5S. The summed E-state index contributed by atoms with van der Waals surface area (Å²) in [6.07, 6.45) is 1.91. The van der Waals surface area contributed by atoms with Crippen LogP contribution in [0.1, 0.15) is 28.3 Å². The summed E-state index contributed by atoms with van der Waals surface area (Å²) >= 11 is 10.7. The van der Waals surface area contributed by atoms with Crippen LogP contribution in [-0.2, 0) is 24.4 Å². The van der Waals surface area contributed by atoms with Crippen molar-refractivity contribution in [1.29, 1.82) is 0 Å². The first-order chi connectivity index (χ1) is 16.3. The normalized spacial score (nSPS) is 11.1. The lowest BCUT2D eigenvalue weighted by Crippen LogP contribution is -2.41. The van der Waals surface area contributed by atoms with Crippen LogP contribution in [0.2, 0.25) is 5.02 Å². The van der Waals surface area contributed by atoms with Crippen LogP contribution in [0.15, 0.2) is 66.5 Å². The molecule has 0 aliphatic carbocycles. The first kappa shape index (κ1) is 24.2. The quantitative estimate of drug-likeness (QED) is 0.307. The number of hydrogen-bond acceptors (Lipinski definition) is 6. The number of nitrogens with zero attached hydrogens (tertiary/aromatic N) is 2. The molecule has 1 amide bonds. The molecule has 4 rings (SSSR count). The number of nitrogens with one attached hydrogen (secondary N) is 1. The fourth-order valence-electron chi connectivity index (χ4n) is 3.51. The average molecular weight is 565 g/mol. The Hall–Kier alpha value is -2.95. The predicted octanol–water partition coefficient (Wildman–Crippen LogP) is 4.21. The van der Waals surface area contributed by atoms with Crippen molar-refractivity contribution in [2.45, 2.75) is 32.5 Å². The molecule has 1 aromatic carbocycles. The fraction of sp³-hybridized carbons (Fsp3) is 0.217. The molecule has 8 nitrogen and oxygen atoms in total.